The minimum atomic E-state index is -0.0817. The zero-order valence-corrected chi connectivity index (χ0v) is 17.7. The molecule has 0 bridgehead atoms. The molecule has 2 aliphatic heterocycles. The fraction of sp³-hybridized carbons (Fsp3) is 0.417. The summed E-state index contributed by atoms with van der Waals surface area (Å²) in [6.07, 6.45) is 5.61. The lowest BCUT2D eigenvalue weighted by molar-refractivity contribution is -0.130. The molecule has 1 unspecified atom stereocenters. The van der Waals surface area contributed by atoms with Crippen LogP contribution in [0.15, 0.2) is 53.2 Å². The standard InChI is InChI=1S/C24H26N4O3/c1-17-4-2-3-5-19(17)14-21(29)28-15-20(24(16-28)8-12-30-13-9-24)23-27-26-22(31-23)18-6-10-25-11-7-18/h2-7,10-11,20H,8-9,12-16H2,1H3. The Morgan fingerprint density at radius 2 is 1.90 bits per heavy atom. The number of likely N-dealkylation sites (tertiary alicyclic amines) is 1. The number of rotatable bonds is 4. The van der Waals surface area contributed by atoms with E-state index in [0.717, 1.165) is 29.5 Å². The lowest BCUT2D eigenvalue weighted by atomic mass is 9.72. The molecule has 7 nitrogen and oxygen atoms in total. The largest absolute Gasteiger partial charge is 0.420 e. The average Bonchev–Trinajstić information content (AvgIpc) is 3.42. The lowest BCUT2D eigenvalue weighted by Crippen LogP contribution is -2.37. The topological polar surface area (TPSA) is 81.4 Å². The Labute approximate surface area is 181 Å². The maximum Gasteiger partial charge on any atom is 0.247 e. The van der Waals surface area contributed by atoms with Crippen LogP contribution in [0.5, 0.6) is 0 Å². The molecule has 1 spiro atoms. The first-order valence-corrected chi connectivity index (χ1v) is 10.8. The van der Waals surface area contributed by atoms with Gasteiger partial charge in [0.15, 0.2) is 0 Å². The molecule has 1 aromatic carbocycles. The van der Waals surface area contributed by atoms with Crippen LogP contribution >= 0.6 is 0 Å². The molecule has 0 aliphatic carbocycles. The maximum atomic E-state index is 13.2. The summed E-state index contributed by atoms with van der Waals surface area (Å²) in [5.41, 5.74) is 2.99. The van der Waals surface area contributed by atoms with Crippen molar-refractivity contribution in [2.24, 2.45) is 5.41 Å². The number of amides is 1. The third-order valence-corrected chi connectivity index (χ3v) is 6.76. The summed E-state index contributed by atoms with van der Waals surface area (Å²) < 4.78 is 11.8. The molecule has 2 aromatic heterocycles. The number of hydrogen-bond acceptors (Lipinski definition) is 6. The van der Waals surface area contributed by atoms with Crippen molar-refractivity contribution >= 4 is 5.91 Å². The number of aromatic nitrogens is 3. The Bertz CT molecular complexity index is 1060. The van der Waals surface area contributed by atoms with E-state index < -0.39 is 0 Å². The fourth-order valence-corrected chi connectivity index (χ4v) is 4.85. The van der Waals surface area contributed by atoms with Gasteiger partial charge in [0.2, 0.25) is 17.7 Å². The van der Waals surface area contributed by atoms with Gasteiger partial charge in [-0.25, -0.2) is 0 Å². The molecule has 1 amide bonds. The van der Waals surface area contributed by atoms with Gasteiger partial charge >= 0.3 is 0 Å². The average molecular weight is 418 g/mol. The van der Waals surface area contributed by atoms with Crippen LogP contribution in [0.4, 0.5) is 0 Å². The van der Waals surface area contributed by atoms with E-state index in [9.17, 15) is 4.79 Å². The van der Waals surface area contributed by atoms with Crippen LogP contribution in [-0.2, 0) is 16.0 Å². The van der Waals surface area contributed by atoms with Crippen LogP contribution in [-0.4, -0.2) is 52.3 Å². The van der Waals surface area contributed by atoms with Gasteiger partial charge in [-0.15, -0.1) is 10.2 Å². The Kier molecular flexibility index (Phi) is 5.28. The van der Waals surface area contributed by atoms with Crippen molar-refractivity contribution in [3.05, 3.63) is 65.8 Å². The number of carbonyl (C=O) groups excluding carboxylic acids is 1. The van der Waals surface area contributed by atoms with Gasteiger partial charge in [0.05, 0.1) is 12.3 Å². The Balaban J connectivity index is 1.40. The quantitative estimate of drug-likeness (QED) is 0.646. The summed E-state index contributed by atoms with van der Waals surface area (Å²) in [4.78, 5) is 19.2. The predicted molar refractivity (Wildman–Crippen MR) is 114 cm³/mol. The molecular formula is C24H26N4O3. The smallest absolute Gasteiger partial charge is 0.247 e. The highest BCUT2D eigenvalue weighted by Gasteiger charge is 2.51. The first-order valence-electron chi connectivity index (χ1n) is 10.8. The molecule has 160 valence electrons. The first-order chi connectivity index (χ1) is 15.1. The minimum Gasteiger partial charge on any atom is -0.420 e. The second-order valence-electron chi connectivity index (χ2n) is 8.59. The van der Waals surface area contributed by atoms with Gasteiger partial charge in [-0.05, 0) is 43.0 Å². The Hall–Kier alpha value is -3.06. The summed E-state index contributed by atoms with van der Waals surface area (Å²) in [6, 6.07) is 11.8. The minimum absolute atomic E-state index is 0.0142. The van der Waals surface area contributed by atoms with Gasteiger partial charge in [0, 0.05) is 49.7 Å². The lowest BCUT2D eigenvalue weighted by Gasteiger charge is -2.36. The van der Waals surface area contributed by atoms with Gasteiger partial charge in [-0.2, -0.15) is 0 Å². The van der Waals surface area contributed by atoms with Gasteiger partial charge in [-0.3, -0.25) is 9.78 Å². The third-order valence-electron chi connectivity index (χ3n) is 6.76. The Morgan fingerprint density at radius 1 is 1.13 bits per heavy atom. The first kappa shape index (κ1) is 19.9. The van der Waals surface area contributed by atoms with Gasteiger partial charge in [-0.1, -0.05) is 24.3 Å². The molecule has 2 aliphatic rings. The van der Waals surface area contributed by atoms with E-state index >= 15 is 0 Å². The number of ether oxygens (including phenoxy) is 1. The molecule has 7 heteroatoms. The van der Waals surface area contributed by atoms with Crippen molar-refractivity contribution in [3.63, 3.8) is 0 Å². The molecule has 5 rings (SSSR count). The molecule has 0 N–H and O–H groups in total. The maximum absolute atomic E-state index is 13.2. The van der Waals surface area contributed by atoms with E-state index in [0.29, 0.717) is 44.5 Å². The summed E-state index contributed by atoms with van der Waals surface area (Å²) in [6.45, 7) is 4.75. The van der Waals surface area contributed by atoms with Crippen molar-refractivity contribution in [2.45, 2.75) is 32.1 Å². The number of nitrogens with zero attached hydrogens (tertiary/aromatic N) is 4. The van der Waals surface area contributed by atoms with Crippen LogP contribution in [0, 0.1) is 12.3 Å². The zero-order valence-electron chi connectivity index (χ0n) is 17.7. The number of hydrogen-bond donors (Lipinski definition) is 0. The normalized spacial score (nSPS) is 20.3. The SMILES string of the molecule is Cc1ccccc1CC(=O)N1CC(c2nnc(-c3ccncc3)o2)C2(CCOCC2)C1. The van der Waals surface area contributed by atoms with Gasteiger partial charge in [0.1, 0.15) is 0 Å². The second kappa shape index (κ2) is 8.23. The highest BCUT2D eigenvalue weighted by atomic mass is 16.5. The van der Waals surface area contributed by atoms with E-state index in [1.807, 2.05) is 35.2 Å². The molecular weight excluding hydrogens is 392 g/mol. The molecule has 31 heavy (non-hydrogen) atoms. The van der Waals surface area contributed by atoms with Crippen molar-refractivity contribution in [2.75, 3.05) is 26.3 Å². The number of carbonyl (C=O) groups is 1. The molecule has 0 saturated carbocycles. The van der Waals surface area contributed by atoms with Crippen molar-refractivity contribution in [1.29, 1.82) is 0 Å². The predicted octanol–water partition coefficient (Wildman–Crippen LogP) is 3.41. The molecule has 3 aromatic rings. The van der Waals surface area contributed by atoms with E-state index in [-0.39, 0.29) is 17.2 Å². The van der Waals surface area contributed by atoms with Crippen molar-refractivity contribution in [1.82, 2.24) is 20.1 Å². The van der Waals surface area contributed by atoms with Crippen molar-refractivity contribution in [3.8, 4) is 11.5 Å². The van der Waals surface area contributed by atoms with Crippen LogP contribution in [0.25, 0.3) is 11.5 Å². The third kappa shape index (κ3) is 3.85. The van der Waals surface area contributed by atoms with E-state index in [1.165, 1.54) is 0 Å². The van der Waals surface area contributed by atoms with Crippen LogP contribution in [0.2, 0.25) is 0 Å². The number of benzene rings is 1. The van der Waals surface area contributed by atoms with Gasteiger partial charge in [0.25, 0.3) is 0 Å². The van der Waals surface area contributed by atoms with E-state index in [1.54, 1.807) is 12.4 Å². The summed E-state index contributed by atoms with van der Waals surface area (Å²) >= 11 is 0. The monoisotopic (exact) mass is 418 g/mol. The molecule has 1 atom stereocenters. The summed E-state index contributed by atoms with van der Waals surface area (Å²) in [5, 5.41) is 8.68. The van der Waals surface area contributed by atoms with Crippen LogP contribution in [0.3, 0.4) is 0 Å². The summed E-state index contributed by atoms with van der Waals surface area (Å²) in [5.74, 6) is 1.26. The fourth-order valence-electron chi connectivity index (χ4n) is 4.85. The van der Waals surface area contributed by atoms with Gasteiger partial charge < -0.3 is 14.1 Å². The molecule has 4 heterocycles. The van der Waals surface area contributed by atoms with Crippen molar-refractivity contribution < 1.29 is 13.9 Å². The number of aryl methyl sites for hydroxylation is 1. The van der Waals surface area contributed by atoms with E-state index in [4.69, 9.17) is 9.15 Å². The Morgan fingerprint density at radius 3 is 2.68 bits per heavy atom. The van der Waals surface area contributed by atoms with Crippen LogP contribution in [0.1, 0.15) is 35.8 Å². The molecule has 2 fully saturated rings. The summed E-state index contributed by atoms with van der Waals surface area (Å²) in [7, 11) is 0. The molecule has 0 radical (unpaired) electrons. The second-order valence-corrected chi connectivity index (χ2v) is 8.59. The molecule has 2 saturated heterocycles. The highest BCUT2D eigenvalue weighted by molar-refractivity contribution is 5.79. The van der Waals surface area contributed by atoms with Crippen LogP contribution < -0.4 is 0 Å². The highest BCUT2D eigenvalue weighted by Crippen LogP contribution is 2.49. The zero-order chi connectivity index (χ0) is 21.3. The number of pyridine rings is 1. The van der Waals surface area contributed by atoms with E-state index in [2.05, 4.69) is 28.2 Å².